The van der Waals surface area contributed by atoms with E-state index in [0.29, 0.717) is 11.8 Å². The predicted molar refractivity (Wildman–Crippen MR) is 122 cm³/mol. The Balaban J connectivity index is 4.06. The fourth-order valence-electron chi connectivity index (χ4n) is 3.28. The van der Waals surface area contributed by atoms with Crippen molar-refractivity contribution in [3.8, 4) is 0 Å². The van der Waals surface area contributed by atoms with E-state index in [4.69, 9.17) is 5.11 Å². The Hall–Kier alpha value is -1.39. The molecule has 0 aliphatic carbocycles. The van der Waals surface area contributed by atoms with E-state index in [9.17, 15) is 15.0 Å². The lowest BCUT2D eigenvalue weighted by Crippen LogP contribution is -2.04. The number of hydrogen-bond acceptors (Lipinski definition) is 3. The van der Waals surface area contributed by atoms with E-state index >= 15 is 0 Å². The minimum atomic E-state index is -0.716. The molecule has 0 aromatic rings. The maximum absolute atomic E-state index is 10.5. The van der Waals surface area contributed by atoms with Crippen LogP contribution in [0.3, 0.4) is 0 Å². The summed E-state index contributed by atoms with van der Waals surface area (Å²) in [5.74, 6) is -0.0224. The van der Waals surface area contributed by atoms with Crippen LogP contribution in [0.1, 0.15) is 90.4 Å². The largest absolute Gasteiger partial charge is 0.481 e. The van der Waals surface area contributed by atoms with Gasteiger partial charge in [-0.1, -0.05) is 75.5 Å². The van der Waals surface area contributed by atoms with Crippen molar-refractivity contribution < 1.29 is 20.1 Å². The molecule has 0 saturated carbocycles. The van der Waals surface area contributed by atoms with Crippen molar-refractivity contribution in [2.24, 2.45) is 11.8 Å². The number of aliphatic hydroxyl groups excluding tert-OH is 2. The highest BCUT2D eigenvalue weighted by Crippen LogP contribution is 2.15. The van der Waals surface area contributed by atoms with Crippen LogP contribution in [0.25, 0.3) is 0 Å². The van der Waals surface area contributed by atoms with Crippen LogP contribution in [-0.2, 0) is 4.79 Å². The Morgan fingerprint density at radius 2 is 1.66 bits per heavy atom. The van der Waals surface area contributed by atoms with Crippen molar-refractivity contribution in [2.75, 3.05) is 13.2 Å². The van der Waals surface area contributed by atoms with Gasteiger partial charge >= 0.3 is 5.97 Å². The van der Waals surface area contributed by atoms with Crippen LogP contribution in [0.5, 0.6) is 0 Å². The molecule has 0 bridgehead atoms. The molecule has 0 saturated heterocycles. The molecule has 0 radical (unpaired) electrons. The minimum absolute atomic E-state index is 0.187. The molecule has 0 aromatic heterocycles. The molecule has 0 fully saturated rings. The average molecular weight is 409 g/mol. The van der Waals surface area contributed by atoms with Gasteiger partial charge in [0, 0.05) is 19.6 Å². The highest BCUT2D eigenvalue weighted by Gasteiger charge is 2.05. The topological polar surface area (TPSA) is 77.8 Å². The van der Waals surface area contributed by atoms with E-state index in [0.717, 1.165) is 51.4 Å². The molecule has 0 amide bonds. The van der Waals surface area contributed by atoms with Crippen molar-refractivity contribution >= 4 is 5.97 Å². The van der Waals surface area contributed by atoms with Gasteiger partial charge in [0.2, 0.25) is 0 Å². The molecule has 0 heterocycles. The van der Waals surface area contributed by atoms with E-state index in [1.54, 1.807) is 0 Å². The van der Waals surface area contributed by atoms with Gasteiger partial charge in [0.1, 0.15) is 0 Å². The highest BCUT2D eigenvalue weighted by atomic mass is 16.4. The van der Waals surface area contributed by atoms with Gasteiger partial charge in [-0.05, 0) is 56.8 Å². The summed E-state index contributed by atoms with van der Waals surface area (Å²) in [7, 11) is 0. The monoisotopic (exact) mass is 408 g/mol. The van der Waals surface area contributed by atoms with Crippen molar-refractivity contribution in [3.63, 3.8) is 0 Å². The van der Waals surface area contributed by atoms with Crippen molar-refractivity contribution in [1.82, 2.24) is 0 Å². The molecule has 4 heteroatoms. The van der Waals surface area contributed by atoms with Crippen LogP contribution >= 0.6 is 0 Å². The van der Waals surface area contributed by atoms with Gasteiger partial charge in [-0.2, -0.15) is 0 Å². The summed E-state index contributed by atoms with van der Waals surface area (Å²) in [6.45, 7) is 2.66. The number of allylic oxidation sites excluding steroid dienone is 6. The molecule has 0 aliphatic rings. The molecule has 4 nitrogen and oxygen atoms in total. The number of aliphatic carboxylic acids is 1. The second kappa shape index (κ2) is 21.3. The first-order valence-corrected chi connectivity index (χ1v) is 11.6. The van der Waals surface area contributed by atoms with Gasteiger partial charge in [-0.25, -0.2) is 0 Å². The Bertz CT molecular complexity index is 454. The van der Waals surface area contributed by atoms with Gasteiger partial charge in [0.05, 0.1) is 0 Å². The number of unbranched alkanes of at least 4 members (excludes halogenated alkanes) is 6. The standard InChI is InChI=1S/C25H44O4/c1-2-3-4-10-17-24(22-27)18-13-9-12-16-23(20-21-26)15-11-7-5-6-8-14-19-25(28)29/h7,9,11-13,16,23-24,26-27H,2-6,8,10,14-15,17-22H2,1H3,(H,28,29). The molecule has 2 unspecified atom stereocenters. The van der Waals surface area contributed by atoms with Crippen LogP contribution in [-0.4, -0.2) is 34.5 Å². The van der Waals surface area contributed by atoms with Gasteiger partial charge in [0.15, 0.2) is 0 Å². The lowest BCUT2D eigenvalue weighted by Gasteiger charge is -2.11. The Morgan fingerprint density at radius 1 is 0.862 bits per heavy atom. The summed E-state index contributed by atoms with van der Waals surface area (Å²) in [4.78, 5) is 10.5. The Kier molecular flexibility index (Phi) is 20.3. The van der Waals surface area contributed by atoms with E-state index in [2.05, 4.69) is 43.4 Å². The first-order chi connectivity index (χ1) is 14.1. The van der Waals surface area contributed by atoms with Gasteiger partial charge < -0.3 is 15.3 Å². The van der Waals surface area contributed by atoms with E-state index < -0.39 is 5.97 Å². The molecule has 2 atom stereocenters. The molecule has 168 valence electrons. The Morgan fingerprint density at radius 3 is 2.34 bits per heavy atom. The number of carboxylic acid groups (broad SMARTS) is 1. The summed E-state index contributed by atoms with van der Waals surface area (Å²) >= 11 is 0. The number of rotatable bonds is 20. The summed E-state index contributed by atoms with van der Waals surface area (Å²) in [5, 5.41) is 27.4. The first kappa shape index (κ1) is 27.6. The lowest BCUT2D eigenvalue weighted by atomic mass is 9.97. The molecule has 0 aromatic carbocycles. The number of carbonyl (C=O) groups is 1. The quantitative estimate of drug-likeness (QED) is 0.130. The fourth-order valence-corrected chi connectivity index (χ4v) is 3.28. The zero-order valence-corrected chi connectivity index (χ0v) is 18.5. The zero-order chi connectivity index (χ0) is 21.6. The molecular formula is C25H44O4. The van der Waals surface area contributed by atoms with Gasteiger partial charge in [-0.15, -0.1) is 0 Å². The third-order valence-corrected chi connectivity index (χ3v) is 5.19. The number of aliphatic hydroxyl groups is 2. The van der Waals surface area contributed by atoms with Crippen LogP contribution in [0.15, 0.2) is 36.5 Å². The van der Waals surface area contributed by atoms with E-state index in [1.807, 2.05) is 0 Å². The van der Waals surface area contributed by atoms with Gasteiger partial charge in [-0.3, -0.25) is 4.79 Å². The zero-order valence-electron chi connectivity index (χ0n) is 18.5. The van der Waals surface area contributed by atoms with Crippen LogP contribution in [0.4, 0.5) is 0 Å². The van der Waals surface area contributed by atoms with Crippen LogP contribution < -0.4 is 0 Å². The maximum Gasteiger partial charge on any atom is 0.303 e. The third kappa shape index (κ3) is 19.7. The minimum Gasteiger partial charge on any atom is -0.481 e. The van der Waals surface area contributed by atoms with E-state index in [-0.39, 0.29) is 19.6 Å². The normalized spacial score (nSPS) is 14.3. The smallest absolute Gasteiger partial charge is 0.303 e. The fraction of sp³-hybridized carbons (Fsp3) is 0.720. The van der Waals surface area contributed by atoms with Crippen molar-refractivity contribution in [1.29, 1.82) is 0 Å². The Labute approximate surface area is 178 Å². The second-order valence-corrected chi connectivity index (χ2v) is 7.92. The van der Waals surface area contributed by atoms with Gasteiger partial charge in [0.25, 0.3) is 0 Å². The summed E-state index contributed by atoms with van der Waals surface area (Å²) < 4.78 is 0. The lowest BCUT2D eigenvalue weighted by molar-refractivity contribution is -0.137. The molecule has 0 spiro atoms. The molecule has 29 heavy (non-hydrogen) atoms. The summed E-state index contributed by atoms with van der Waals surface area (Å²) in [6.07, 6.45) is 25.4. The molecule has 0 rings (SSSR count). The van der Waals surface area contributed by atoms with E-state index in [1.165, 1.54) is 25.7 Å². The maximum atomic E-state index is 10.5. The van der Waals surface area contributed by atoms with Crippen molar-refractivity contribution in [3.05, 3.63) is 36.5 Å². The molecule has 0 aliphatic heterocycles. The summed E-state index contributed by atoms with van der Waals surface area (Å²) in [5.41, 5.74) is 0. The highest BCUT2D eigenvalue weighted by molar-refractivity contribution is 5.66. The third-order valence-electron chi connectivity index (χ3n) is 5.19. The molecular weight excluding hydrogens is 364 g/mol. The first-order valence-electron chi connectivity index (χ1n) is 11.6. The molecule has 3 N–H and O–H groups in total. The second-order valence-electron chi connectivity index (χ2n) is 7.92. The van der Waals surface area contributed by atoms with Crippen LogP contribution in [0.2, 0.25) is 0 Å². The average Bonchev–Trinajstić information content (AvgIpc) is 2.70. The number of hydrogen-bond donors (Lipinski definition) is 3. The summed E-state index contributed by atoms with van der Waals surface area (Å²) in [6, 6.07) is 0. The van der Waals surface area contributed by atoms with Crippen LogP contribution in [0, 0.1) is 11.8 Å². The van der Waals surface area contributed by atoms with Crippen molar-refractivity contribution in [2.45, 2.75) is 90.4 Å². The SMILES string of the molecule is CCCCCCC(CO)CC=CC=CC(CC=CCCCCCC(=O)O)CCO. The predicted octanol–water partition coefficient (Wildman–Crippen LogP) is 6.05. The number of carboxylic acids is 1.